The van der Waals surface area contributed by atoms with Crippen LogP contribution in [0.1, 0.15) is 20.8 Å². The molecule has 0 aliphatic carbocycles. The molecule has 0 aliphatic rings. The highest BCUT2D eigenvalue weighted by atomic mass is 35.5. The number of hydrogen-bond donors (Lipinski definition) is 1. The Labute approximate surface area is 196 Å². The first-order valence-electron chi connectivity index (χ1n) is 9.82. The zero-order valence-electron chi connectivity index (χ0n) is 17.7. The van der Waals surface area contributed by atoms with Crippen LogP contribution in [0.25, 0.3) is 10.1 Å². The lowest BCUT2D eigenvalue weighted by Gasteiger charge is -2.19. The van der Waals surface area contributed by atoms with Crippen LogP contribution in [0.3, 0.4) is 0 Å². The van der Waals surface area contributed by atoms with E-state index in [1.807, 2.05) is 38.1 Å². The zero-order chi connectivity index (χ0) is 23.0. The summed E-state index contributed by atoms with van der Waals surface area (Å²) < 4.78 is 28.1. The highest BCUT2D eigenvalue weighted by molar-refractivity contribution is 7.92. The molecule has 164 valence electrons. The van der Waals surface area contributed by atoms with Crippen LogP contribution in [0, 0.1) is 13.8 Å². The Hall–Kier alpha value is -2.87. The highest BCUT2D eigenvalue weighted by Crippen LogP contribution is 2.32. The largest absolute Gasteiger partial charge is 0.321 e. The maximum atomic E-state index is 13.0. The summed E-state index contributed by atoms with van der Waals surface area (Å²) in [6, 6.07) is 19.1. The van der Waals surface area contributed by atoms with Gasteiger partial charge in [0.15, 0.2) is 0 Å². The zero-order valence-corrected chi connectivity index (χ0v) is 20.1. The fourth-order valence-electron chi connectivity index (χ4n) is 3.30. The Balaban J connectivity index is 1.62. The summed E-state index contributed by atoms with van der Waals surface area (Å²) in [5.74, 6) is -0.191. The Kier molecular flexibility index (Phi) is 5.99. The van der Waals surface area contributed by atoms with Crippen molar-refractivity contribution in [2.24, 2.45) is 0 Å². The monoisotopic (exact) mass is 484 g/mol. The standard InChI is InChI=1S/C24H21ClN2O3S2/c1-15-4-5-16(2)21(12-15)26-24(28)23-14-17-13-19(8-11-22(17)31-23)27(3)32(29,30)20-9-6-18(25)7-10-20/h4-14H,1-3H3,(H,26,28). The normalized spacial score (nSPS) is 11.5. The maximum Gasteiger partial charge on any atom is 0.265 e. The molecule has 4 rings (SSSR count). The molecule has 0 unspecified atom stereocenters. The first kappa shape index (κ1) is 22.3. The van der Waals surface area contributed by atoms with Crippen LogP contribution in [0.5, 0.6) is 0 Å². The quantitative estimate of drug-likeness (QED) is 0.364. The summed E-state index contributed by atoms with van der Waals surface area (Å²) in [6.07, 6.45) is 0. The van der Waals surface area contributed by atoms with E-state index in [1.165, 1.54) is 34.8 Å². The first-order valence-corrected chi connectivity index (χ1v) is 12.5. The Morgan fingerprint density at radius 2 is 1.69 bits per heavy atom. The maximum absolute atomic E-state index is 13.0. The van der Waals surface area contributed by atoms with E-state index in [0.717, 1.165) is 26.9 Å². The van der Waals surface area contributed by atoms with Crippen molar-refractivity contribution >= 4 is 60.3 Å². The Morgan fingerprint density at radius 1 is 0.969 bits per heavy atom. The minimum atomic E-state index is -3.74. The average molecular weight is 485 g/mol. The summed E-state index contributed by atoms with van der Waals surface area (Å²) in [5, 5.41) is 4.24. The number of thiophene rings is 1. The van der Waals surface area contributed by atoms with Gasteiger partial charge in [0.05, 0.1) is 15.5 Å². The molecule has 1 aromatic heterocycles. The molecule has 32 heavy (non-hydrogen) atoms. The van der Waals surface area contributed by atoms with Gasteiger partial charge in [0, 0.05) is 22.5 Å². The minimum absolute atomic E-state index is 0.156. The third-order valence-corrected chi connectivity index (χ3v) is 8.37. The van der Waals surface area contributed by atoms with Gasteiger partial charge in [-0.2, -0.15) is 0 Å². The van der Waals surface area contributed by atoms with Gasteiger partial charge in [-0.15, -0.1) is 11.3 Å². The Morgan fingerprint density at radius 3 is 2.41 bits per heavy atom. The number of nitrogens with one attached hydrogen (secondary N) is 1. The van der Waals surface area contributed by atoms with E-state index in [2.05, 4.69) is 5.32 Å². The van der Waals surface area contributed by atoms with Gasteiger partial charge in [-0.1, -0.05) is 23.7 Å². The van der Waals surface area contributed by atoms with Gasteiger partial charge in [0.25, 0.3) is 15.9 Å². The number of carbonyl (C=O) groups excluding carboxylic acids is 1. The predicted molar refractivity (Wildman–Crippen MR) is 133 cm³/mol. The van der Waals surface area contributed by atoms with Crippen molar-refractivity contribution in [3.63, 3.8) is 0 Å². The SMILES string of the molecule is Cc1ccc(C)c(NC(=O)c2cc3cc(N(C)S(=O)(=O)c4ccc(Cl)cc4)ccc3s2)c1. The number of carbonyl (C=O) groups is 1. The fourth-order valence-corrected chi connectivity index (χ4v) is 5.55. The molecule has 3 aromatic carbocycles. The molecular formula is C24H21ClN2O3S2. The third-order valence-electron chi connectivity index (χ3n) is 5.20. The number of amides is 1. The van der Waals surface area contributed by atoms with Crippen LogP contribution in [-0.4, -0.2) is 21.4 Å². The molecule has 0 atom stereocenters. The second-order valence-corrected chi connectivity index (χ2v) is 11.0. The van der Waals surface area contributed by atoms with Gasteiger partial charge >= 0.3 is 0 Å². The number of rotatable bonds is 5. The number of hydrogen-bond acceptors (Lipinski definition) is 4. The van der Waals surface area contributed by atoms with E-state index in [0.29, 0.717) is 15.6 Å². The smallest absolute Gasteiger partial charge is 0.265 e. The van der Waals surface area contributed by atoms with Crippen molar-refractivity contribution in [2.45, 2.75) is 18.7 Å². The lowest BCUT2D eigenvalue weighted by Crippen LogP contribution is -2.26. The lowest BCUT2D eigenvalue weighted by atomic mass is 10.1. The number of sulfonamides is 1. The lowest BCUT2D eigenvalue weighted by molar-refractivity contribution is 0.103. The molecule has 0 saturated carbocycles. The third kappa shape index (κ3) is 4.37. The molecule has 8 heteroatoms. The van der Waals surface area contributed by atoms with Crippen LogP contribution in [0.4, 0.5) is 11.4 Å². The van der Waals surface area contributed by atoms with Crippen LogP contribution < -0.4 is 9.62 Å². The molecule has 0 spiro atoms. The molecule has 0 fully saturated rings. The van der Waals surface area contributed by atoms with Crippen molar-refractivity contribution < 1.29 is 13.2 Å². The van der Waals surface area contributed by atoms with E-state index >= 15 is 0 Å². The molecule has 5 nitrogen and oxygen atoms in total. The fraction of sp³-hybridized carbons (Fsp3) is 0.125. The van der Waals surface area contributed by atoms with Crippen molar-refractivity contribution in [1.29, 1.82) is 0 Å². The average Bonchev–Trinajstić information content (AvgIpc) is 3.19. The first-order chi connectivity index (χ1) is 15.1. The Bertz CT molecular complexity index is 1430. The van der Waals surface area contributed by atoms with E-state index in [9.17, 15) is 13.2 Å². The number of nitrogens with zero attached hydrogens (tertiary/aromatic N) is 1. The van der Waals surface area contributed by atoms with Gasteiger partial charge in [-0.3, -0.25) is 9.10 Å². The van der Waals surface area contributed by atoms with Crippen LogP contribution in [0.15, 0.2) is 71.6 Å². The van der Waals surface area contributed by atoms with Crippen molar-refractivity contribution in [3.8, 4) is 0 Å². The van der Waals surface area contributed by atoms with Crippen molar-refractivity contribution in [3.05, 3.63) is 87.8 Å². The highest BCUT2D eigenvalue weighted by Gasteiger charge is 2.22. The molecule has 1 amide bonds. The van der Waals surface area contributed by atoms with Gasteiger partial charge in [0.1, 0.15) is 0 Å². The van der Waals surface area contributed by atoms with Crippen LogP contribution in [-0.2, 0) is 10.0 Å². The summed E-state index contributed by atoms with van der Waals surface area (Å²) in [6.45, 7) is 3.92. The predicted octanol–water partition coefficient (Wildman–Crippen LogP) is 6.25. The molecule has 1 N–H and O–H groups in total. The summed E-state index contributed by atoms with van der Waals surface area (Å²) >= 11 is 7.24. The van der Waals surface area contributed by atoms with Gasteiger partial charge < -0.3 is 5.32 Å². The molecule has 0 bridgehead atoms. The molecule has 0 radical (unpaired) electrons. The number of anilines is 2. The van der Waals surface area contributed by atoms with Crippen LogP contribution >= 0.6 is 22.9 Å². The molecule has 4 aromatic rings. The molecular weight excluding hydrogens is 464 g/mol. The summed E-state index contributed by atoms with van der Waals surface area (Å²) in [4.78, 5) is 13.5. The van der Waals surface area contributed by atoms with Gasteiger partial charge in [-0.25, -0.2) is 8.42 Å². The summed E-state index contributed by atoms with van der Waals surface area (Å²) in [7, 11) is -2.23. The van der Waals surface area contributed by atoms with E-state index in [-0.39, 0.29) is 10.8 Å². The van der Waals surface area contributed by atoms with E-state index < -0.39 is 10.0 Å². The van der Waals surface area contributed by atoms with Crippen LogP contribution in [0.2, 0.25) is 5.02 Å². The minimum Gasteiger partial charge on any atom is -0.321 e. The number of aryl methyl sites for hydroxylation is 2. The van der Waals surface area contributed by atoms with Gasteiger partial charge in [-0.05, 0) is 85.0 Å². The number of halogens is 1. The van der Waals surface area contributed by atoms with Crippen molar-refractivity contribution in [1.82, 2.24) is 0 Å². The molecule has 0 saturated heterocycles. The molecule has 0 aliphatic heterocycles. The second kappa shape index (κ2) is 8.58. The summed E-state index contributed by atoms with van der Waals surface area (Å²) in [5.41, 5.74) is 3.34. The van der Waals surface area contributed by atoms with E-state index in [1.54, 1.807) is 30.3 Å². The second-order valence-electron chi connectivity index (χ2n) is 7.53. The topological polar surface area (TPSA) is 66.5 Å². The number of benzene rings is 3. The number of fused-ring (bicyclic) bond motifs is 1. The van der Waals surface area contributed by atoms with E-state index in [4.69, 9.17) is 11.6 Å². The van der Waals surface area contributed by atoms with Crippen molar-refractivity contribution in [2.75, 3.05) is 16.7 Å². The molecule has 1 heterocycles. The van der Waals surface area contributed by atoms with Gasteiger partial charge in [0.2, 0.25) is 0 Å².